The molecule has 0 aliphatic carbocycles. The van der Waals surface area contributed by atoms with Crippen molar-refractivity contribution >= 4 is 23.2 Å². The summed E-state index contributed by atoms with van der Waals surface area (Å²) in [7, 11) is 1.58. The van der Waals surface area contributed by atoms with Crippen LogP contribution in [0.15, 0.2) is 65.5 Å². The Morgan fingerprint density at radius 2 is 1.74 bits per heavy atom. The number of amides is 2. The summed E-state index contributed by atoms with van der Waals surface area (Å²) < 4.78 is 7.12. The third-order valence-electron chi connectivity index (χ3n) is 7.35. The molecule has 198 valence electrons. The van der Waals surface area contributed by atoms with Gasteiger partial charge in [-0.3, -0.25) is 14.4 Å². The van der Waals surface area contributed by atoms with Crippen molar-refractivity contribution in [1.82, 2.24) is 9.88 Å². The number of hydrogen-bond donors (Lipinski definition) is 2. The first-order valence-corrected chi connectivity index (χ1v) is 13.1. The molecule has 2 atom stereocenters. The predicted molar refractivity (Wildman–Crippen MR) is 148 cm³/mol. The molecule has 8 heteroatoms. The zero-order chi connectivity index (χ0) is 26.8. The Morgan fingerprint density at radius 3 is 2.47 bits per heavy atom. The number of ether oxygens (including phenoxy) is 1. The molecule has 1 saturated heterocycles. The van der Waals surface area contributed by atoms with Gasteiger partial charge in [0.1, 0.15) is 5.75 Å². The zero-order valence-electron chi connectivity index (χ0n) is 22.1. The lowest BCUT2D eigenvalue weighted by atomic mass is 9.83. The second-order valence-electron chi connectivity index (χ2n) is 10.6. The molecule has 5 rings (SSSR count). The van der Waals surface area contributed by atoms with Crippen LogP contribution in [0.4, 0.5) is 11.4 Å². The van der Waals surface area contributed by atoms with Gasteiger partial charge >= 0.3 is 0 Å². The standard InChI is InChI=1S/C30H34N4O4/c1-19(2)15-31-29(36)22-9-12-27(25(14-22)32-30(37)21-7-10-24(38-3)11-8-21)33-16-20-13-23(18-33)26-5-4-6-28(35)34(26)17-20/h4-12,14,19-20,23H,13,15-18H2,1-3H3,(H,31,36)(H,32,37). The molecule has 0 saturated carbocycles. The number of piperidine rings is 1. The number of rotatable bonds is 7. The van der Waals surface area contributed by atoms with Crippen LogP contribution in [0.1, 0.15) is 52.6 Å². The lowest BCUT2D eigenvalue weighted by Gasteiger charge is -2.44. The highest BCUT2D eigenvalue weighted by molar-refractivity contribution is 6.07. The Hall–Kier alpha value is -4.07. The highest BCUT2D eigenvalue weighted by atomic mass is 16.5. The van der Waals surface area contributed by atoms with Crippen LogP contribution in [0.25, 0.3) is 0 Å². The summed E-state index contributed by atoms with van der Waals surface area (Å²) in [6, 6.07) is 17.9. The van der Waals surface area contributed by atoms with Gasteiger partial charge in [-0.25, -0.2) is 0 Å². The van der Waals surface area contributed by atoms with E-state index in [4.69, 9.17) is 4.74 Å². The van der Waals surface area contributed by atoms with E-state index in [0.717, 1.165) is 30.9 Å². The Balaban J connectivity index is 1.46. The van der Waals surface area contributed by atoms with Gasteiger partial charge in [0, 0.05) is 55.0 Å². The van der Waals surface area contributed by atoms with Gasteiger partial charge in [0.2, 0.25) is 0 Å². The van der Waals surface area contributed by atoms with Crippen LogP contribution in [-0.4, -0.2) is 43.1 Å². The minimum absolute atomic E-state index is 0.0508. The Morgan fingerprint density at radius 1 is 0.974 bits per heavy atom. The predicted octanol–water partition coefficient (Wildman–Crippen LogP) is 4.12. The lowest BCUT2D eigenvalue weighted by molar-refractivity contribution is 0.0947. The van der Waals surface area contributed by atoms with Crippen LogP contribution in [0.3, 0.4) is 0 Å². The number of methoxy groups -OCH3 is 1. The Kier molecular flexibility index (Phi) is 7.22. The maximum absolute atomic E-state index is 13.2. The van der Waals surface area contributed by atoms with E-state index in [-0.39, 0.29) is 23.3 Å². The van der Waals surface area contributed by atoms with E-state index in [2.05, 4.69) is 15.5 Å². The molecule has 3 aromatic rings. The molecule has 3 heterocycles. The summed E-state index contributed by atoms with van der Waals surface area (Å²) in [4.78, 5) is 40.8. The Labute approximate surface area is 222 Å². The van der Waals surface area contributed by atoms with Crippen molar-refractivity contribution in [2.24, 2.45) is 11.8 Å². The summed E-state index contributed by atoms with van der Waals surface area (Å²) in [6.07, 6.45) is 1.03. The number of aromatic nitrogens is 1. The molecule has 2 N–H and O–H groups in total. The topological polar surface area (TPSA) is 92.7 Å². The second-order valence-corrected chi connectivity index (χ2v) is 10.6. The van der Waals surface area contributed by atoms with Gasteiger partial charge < -0.3 is 24.8 Å². The first kappa shape index (κ1) is 25.6. The molecule has 2 amide bonds. The quantitative estimate of drug-likeness (QED) is 0.495. The van der Waals surface area contributed by atoms with Gasteiger partial charge in [0.05, 0.1) is 18.5 Å². The van der Waals surface area contributed by atoms with E-state index >= 15 is 0 Å². The normalized spacial score (nSPS) is 18.1. The van der Waals surface area contributed by atoms with Crippen LogP contribution in [0.2, 0.25) is 0 Å². The smallest absolute Gasteiger partial charge is 0.255 e. The summed E-state index contributed by atoms with van der Waals surface area (Å²) in [5.41, 5.74) is 3.56. The fourth-order valence-electron chi connectivity index (χ4n) is 5.48. The highest BCUT2D eigenvalue weighted by Crippen LogP contribution is 2.39. The SMILES string of the molecule is COc1ccc(C(=O)Nc2cc(C(=O)NCC(C)C)ccc2N2CC3CC(C2)c2cccc(=O)n2C3)cc1. The molecule has 1 aromatic heterocycles. The minimum atomic E-state index is -0.261. The van der Waals surface area contributed by atoms with Gasteiger partial charge in [0.25, 0.3) is 17.4 Å². The van der Waals surface area contributed by atoms with Crippen LogP contribution >= 0.6 is 0 Å². The number of nitrogens with zero attached hydrogens (tertiary/aromatic N) is 2. The van der Waals surface area contributed by atoms with Crippen LogP contribution in [0.5, 0.6) is 5.75 Å². The molecule has 2 unspecified atom stereocenters. The van der Waals surface area contributed by atoms with Gasteiger partial charge in [-0.05, 0) is 66.8 Å². The van der Waals surface area contributed by atoms with Gasteiger partial charge in [-0.15, -0.1) is 0 Å². The molecule has 2 bridgehead atoms. The number of benzene rings is 2. The van der Waals surface area contributed by atoms with Crippen molar-refractivity contribution in [3.63, 3.8) is 0 Å². The maximum Gasteiger partial charge on any atom is 0.255 e. The number of carbonyl (C=O) groups excluding carboxylic acids is 2. The molecule has 38 heavy (non-hydrogen) atoms. The van der Waals surface area contributed by atoms with E-state index in [1.165, 1.54) is 0 Å². The van der Waals surface area contributed by atoms with Crippen molar-refractivity contribution < 1.29 is 14.3 Å². The summed E-state index contributed by atoms with van der Waals surface area (Å²) in [6.45, 7) is 6.84. The largest absolute Gasteiger partial charge is 0.497 e. The van der Waals surface area contributed by atoms with Crippen LogP contribution in [-0.2, 0) is 6.54 Å². The van der Waals surface area contributed by atoms with Gasteiger partial charge in [-0.2, -0.15) is 0 Å². The zero-order valence-corrected chi connectivity index (χ0v) is 22.1. The summed E-state index contributed by atoms with van der Waals surface area (Å²) >= 11 is 0. The lowest BCUT2D eigenvalue weighted by Crippen LogP contribution is -2.47. The molecule has 2 aliphatic rings. The molecule has 2 aliphatic heterocycles. The van der Waals surface area contributed by atoms with Crippen molar-refractivity contribution in [1.29, 1.82) is 0 Å². The fourth-order valence-corrected chi connectivity index (χ4v) is 5.48. The second kappa shape index (κ2) is 10.7. The maximum atomic E-state index is 13.2. The molecular formula is C30H34N4O4. The van der Waals surface area contributed by atoms with Crippen molar-refractivity contribution in [2.45, 2.75) is 32.7 Å². The highest BCUT2D eigenvalue weighted by Gasteiger charge is 2.35. The van der Waals surface area contributed by atoms with E-state index in [1.807, 2.05) is 42.7 Å². The van der Waals surface area contributed by atoms with Crippen molar-refractivity contribution in [2.75, 3.05) is 37.0 Å². The van der Waals surface area contributed by atoms with Gasteiger partial charge in [0.15, 0.2) is 0 Å². The molecule has 0 spiro atoms. The van der Waals surface area contributed by atoms with E-state index in [9.17, 15) is 14.4 Å². The van der Waals surface area contributed by atoms with Crippen molar-refractivity contribution in [3.8, 4) is 5.75 Å². The molecular weight excluding hydrogens is 480 g/mol. The molecule has 0 radical (unpaired) electrons. The minimum Gasteiger partial charge on any atom is -0.497 e. The fraction of sp³-hybridized carbons (Fsp3) is 0.367. The van der Waals surface area contributed by atoms with Crippen LogP contribution in [0, 0.1) is 11.8 Å². The number of anilines is 2. The summed E-state index contributed by atoms with van der Waals surface area (Å²) in [5.74, 6) is 1.11. The number of nitrogens with one attached hydrogen (secondary N) is 2. The third-order valence-corrected chi connectivity index (χ3v) is 7.35. The average Bonchev–Trinajstić information content (AvgIpc) is 2.92. The first-order valence-electron chi connectivity index (χ1n) is 13.1. The molecule has 1 fully saturated rings. The monoisotopic (exact) mass is 514 g/mol. The number of carbonyl (C=O) groups is 2. The average molecular weight is 515 g/mol. The van der Waals surface area contributed by atoms with E-state index in [0.29, 0.717) is 47.5 Å². The number of pyridine rings is 1. The number of hydrogen-bond acceptors (Lipinski definition) is 5. The molecule has 2 aromatic carbocycles. The summed E-state index contributed by atoms with van der Waals surface area (Å²) in [5, 5.41) is 6.02. The van der Waals surface area contributed by atoms with Crippen molar-refractivity contribution in [3.05, 3.63) is 87.8 Å². The van der Waals surface area contributed by atoms with Crippen LogP contribution < -0.4 is 25.8 Å². The first-order chi connectivity index (χ1) is 18.3. The molecule has 8 nitrogen and oxygen atoms in total. The van der Waals surface area contributed by atoms with E-state index in [1.54, 1.807) is 43.5 Å². The third kappa shape index (κ3) is 5.30. The Bertz CT molecular complexity index is 1400. The number of fused-ring (bicyclic) bond motifs is 4. The van der Waals surface area contributed by atoms with E-state index < -0.39 is 0 Å². The van der Waals surface area contributed by atoms with Gasteiger partial charge in [-0.1, -0.05) is 19.9 Å².